The number of alkyl halides is 1. The van der Waals surface area contributed by atoms with E-state index in [-0.39, 0.29) is 5.82 Å². The zero-order valence-electron chi connectivity index (χ0n) is 11.3. The van der Waals surface area contributed by atoms with Gasteiger partial charge in [-0.05, 0) is 19.1 Å². The first-order valence-electron chi connectivity index (χ1n) is 6.33. The second kappa shape index (κ2) is 4.90. The summed E-state index contributed by atoms with van der Waals surface area (Å²) in [6, 6.07) is 4.59. The molecule has 0 bridgehead atoms. The van der Waals surface area contributed by atoms with Crippen molar-refractivity contribution in [3.05, 3.63) is 41.7 Å². The highest BCUT2D eigenvalue weighted by Crippen LogP contribution is 2.24. The third-order valence-corrected chi connectivity index (χ3v) is 3.42. The first kappa shape index (κ1) is 13.1. The van der Waals surface area contributed by atoms with Crippen molar-refractivity contribution in [2.75, 3.05) is 5.88 Å². The molecule has 20 heavy (non-hydrogen) atoms. The number of hydrogen-bond donors (Lipinski definition) is 0. The van der Waals surface area contributed by atoms with Crippen LogP contribution >= 0.6 is 11.6 Å². The number of imidazole rings is 1. The molecule has 2 heterocycles. The molecular weight excluding hydrogens is 279 g/mol. The minimum absolute atomic E-state index is 0.280. The van der Waals surface area contributed by atoms with Crippen LogP contribution in [-0.2, 0) is 13.5 Å². The van der Waals surface area contributed by atoms with Crippen molar-refractivity contribution in [2.24, 2.45) is 7.05 Å². The van der Waals surface area contributed by atoms with Crippen LogP contribution in [0.5, 0.6) is 0 Å². The Morgan fingerprint density at radius 2 is 2.15 bits per heavy atom. The topological polar surface area (TPSA) is 35.6 Å². The Bertz CT molecular complexity index is 775. The molecule has 0 radical (unpaired) electrons. The van der Waals surface area contributed by atoms with Gasteiger partial charge in [-0.1, -0.05) is 0 Å². The van der Waals surface area contributed by atoms with Crippen molar-refractivity contribution in [1.29, 1.82) is 0 Å². The third kappa shape index (κ3) is 2.08. The number of nitrogens with zero attached hydrogens (tertiary/aromatic N) is 4. The predicted molar refractivity (Wildman–Crippen MR) is 77.0 cm³/mol. The van der Waals surface area contributed by atoms with Gasteiger partial charge in [0.2, 0.25) is 0 Å². The van der Waals surface area contributed by atoms with E-state index in [9.17, 15) is 4.39 Å². The molecule has 0 N–H and O–H groups in total. The smallest absolute Gasteiger partial charge is 0.125 e. The molecule has 0 saturated carbocycles. The van der Waals surface area contributed by atoms with Crippen molar-refractivity contribution >= 4 is 22.6 Å². The van der Waals surface area contributed by atoms with Crippen LogP contribution in [0.3, 0.4) is 0 Å². The molecule has 3 rings (SSSR count). The van der Waals surface area contributed by atoms with E-state index in [2.05, 4.69) is 10.1 Å². The lowest BCUT2D eigenvalue weighted by molar-refractivity contribution is 0.629. The summed E-state index contributed by atoms with van der Waals surface area (Å²) in [5.41, 5.74) is 3.27. The molecular formula is C14H14ClFN4. The SMILES string of the molecule is Cc1nn(C)cc1-n1c(CCCl)nc2ccc(F)cc21. The van der Waals surface area contributed by atoms with Crippen LogP contribution in [0, 0.1) is 12.7 Å². The van der Waals surface area contributed by atoms with Crippen molar-refractivity contribution in [1.82, 2.24) is 19.3 Å². The Balaban J connectivity index is 2.33. The van der Waals surface area contributed by atoms with E-state index in [1.54, 1.807) is 10.7 Å². The van der Waals surface area contributed by atoms with Gasteiger partial charge < -0.3 is 0 Å². The van der Waals surface area contributed by atoms with E-state index in [0.717, 1.165) is 28.2 Å². The molecule has 0 atom stereocenters. The molecule has 0 saturated heterocycles. The lowest BCUT2D eigenvalue weighted by atomic mass is 10.3. The highest BCUT2D eigenvalue weighted by molar-refractivity contribution is 6.17. The molecule has 4 nitrogen and oxygen atoms in total. The Hall–Kier alpha value is -1.88. The summed E-state index contributed by atoms with van der Waals surface area (Å²) in [5.74, 6) is 1.000. The second-order valence-electron chi connectivity index (χ2n) is 4.71. The molecule has 2 aromatic heterocycles. The minimum atomic E-state index is -0.280. The van der Waals surface area contributed by atoms with Gasteiger partial charge in [-0.2, -0.15) is 5.10 Å². The quantitative estimate of drug-likeness (QED) is 0.696. The first-order chi connectivity index (χ1) is 9.60. The number of benzene rings is 1. The molecule has 0 amide bonds. The summed E-state index contributed by atoms with van der Waals surface area (Å²) in [6.07, 6.45) is 2.52. The van der Waals surface area contributed by atoms with Crippen LogP contribution in [0.15, 0.2) is 24.4 Å². The molecule has 0 unspecified atom stereocenters. The van der Waals surface area contributed by atoms with Gasteiger partial charge in [-0.15, -0.1) is 11.6 Å². The second-order valence-corrected chi connectivity index (χ2v) is 5.09. The molecule has 104 valence electrons. The summed E-state index contributed by atoms with van der Waals surface area (Å²) >= 11 is 5.85. The van der Waals surface area contributed by atoms with Crippen molar-refractivity contribution in [2.45, 2.75) is 13.3 Å². The Morgan fingerprint density at radius 1 is 1.35 bits per heavy atom. The molecule has 1 aromatic carbocycles. The number of halogens is 2. The molecule has 6 heteroatoms. The monoisotopic (exact) mass is 292 g/mol. The molecule has 0 aliphatic heterocycles. The van der Waals surface area contributed by atoms with Gasteiger partial charge in [0, 0.05) is 31.6 Å². The van der Waals surface area contributed by atoms with E-state index in [1.165, 1.54) is 12.1 Å². The number of hydrogen-bond acceptors (Lipinski definition) is 2. The summed E-state index contributed by atoms with van der Waals surface area (Å²) in [5, 5.41) is 4.34. The van der Waals surface area contributed by atoms with Gasteiger partial charge >= 0.3 is 0 Å². The molecule has 0 aliphatic carbocycles. The molecule has 0 fully saturated rings. The van der Waals surface area contributed by atoms with Gasteiger partial charge in [-0.25, -0.2) is 9.37 Å². The van der Waals surface area contributed by atoms with Crippen molar-refractivity contribution in [3.63, 3.8) is 0 Å². The minimum Gasteiger partial charge on any atom is -0.293 e. The van der Waals surface area contributed by atoms with E-state index < -0.39 is 0 Å². The Labute approximate surface area is 120 Å². The fourth-order valence-corrected chi connectivity index (χ4v) is 2.59. The van der Waals surface area contributed by atoms with Gasteiger partial charge in [0.1, 0.15) is 11.6 Å². The standard InChI is InChI=1S/C14H14ClFN4/c1-9-13(8-19(2)18-9)20-12-7-10(16)3-4-11(12)17-14(20)5-6-15/h3-4,7-8H,5-6H2,1-2H3. The lowest BCUT2D eigenvalue weighted by Gasteiger charge is -2.06. The largest absolute Gasteiger partial charge is 0.293 e. The van der Waals surface area contributed by atoms with E-state index in [4.69, 9.17) is 11.6 Å². The highest BCUT2D eigenvalue weighted by atomic mass is 35.5. The van der Waals surface area contributed by atoms with Crippen LogP contribution in [0.25, 0.3) is 16.7 Å². The number of fused-ring (bicyclic) bond motifs is 1. The van der Waals surface area contributed by atoms with Gasteiger partial charge in [0.15, 0.2) is 0 Å². The number of aromatic nitrogens is 4. The maximum absolute atomic E-state index is 13.5. The maximum Gasteiger partial charge on any atom is 0.125 e. The molecule has 3 aromatic rings. The van der Waals surface area contributed by atoms with Crippen LogP contribution < -0.4 is 0 Å². The first-order valence-corrected chi connectivity index (χ1v) is 6.87. The zero-order valence-corrected chi connectivity index (χ0v) is 12.0. The fraction of sp³-hybridized carbons (Fsp3) is 0.286. The number of rotatable bonds is 3. The van der Waals surface area contributed by atoms with Gasteiger partial charge in [0.05, 0.1) is 22.4 Å². The van der Waals surface area contributed by atoms with Gasteiger partial charge in [0.25, 0.3) is 0 Å². The van der Waals surface area contributed by atoms with E-state index in [0.29, 0.717) is 12.3 Å². The van der Waals surface area contributed by atoms with Crippen molar-refractivity contribution < 1.29 is 4.39 Å². The molecule has 0 spiro atoms. The Morgan fingerprint density at radius 3 is 2.80 bits per heavy atom. The highest BCUT2D eigenvalue weighted by Gasteiger charge is 2.16. The summed E-state index contributed by atoms with van der Waals surface area (Å²) in [4.78, 5) is 4.55. The lowest BCUT2D eigenvalue weighted by Crippen LogP contribution is -2.02. The van der Waals surface area contributed by atoms with E-state index in [1.807, 2.05) is 24.7 Å². The van der Waals surface area contributed by atoms with Crippen LogP contribution in [-0.4, -0.2) is 25.2 Å². The summed E-state index contributed by atoms with van der Waals surface area (Å²) in [6.45, 7) is 1.92. The summed E-state index contributed by atoms with van der Waals surface area (Å²) < 4.78 is 17.2. The third-order valence-electron chi connectivity index (χ3n) is 3.23. The van der Waals surface area contributed by atoms with Gasteiger partial charge in [-0.3, -0.25) is 9.25 Å². The average Bonchev–Trinajstić information content (AvgIpc) is 2.89. The van der Waals surface area contributed by atoms with E-state index >= 15 is 0 Å². The number of aryl methyl sites for hydroxylation is 3. The maximum atomic E-state index is 13.5. The van der Waals surface area contributed by atoms with Crippen LogP contribution in [0.4, 0.5) is 4.39 Å². The van der Waals surface area contributed by atoms with Crippen LogP contribution in [0.1, 0.15) is 11.5 Å². The zero-order chi connectivity index (χ0) is 14.3. The Kier molecular flexibility index (Phi) is 3.22. The molecule has 0 aliphatic rings. The van der Waals surface area contributed by atoms with Crippen molar-refractivity contribution in [3.8, 4) is 5.69 Å². The normalized spacial score (nSPS) is 11.4. The summed E-state index contributed by atoms with van der Waals surface area (Å²) in [7, 11) is 1.86. The van der Waals surface area contributed by atoms with Crippen LogP contribution in [0.2, 0.25) is 0 Å². The average molecular weight is 293 g/mol. The predicted octanol–water partition coefficient (Wildman–Crippen LogP) is 2.99. The fourth-order valence-electron chi connectivity index (χ4n) is 2.43.